The second-order valence-corrected chi connectivity index (χ2v) is 8.38. The Morgan fingerprint density at radius 3 is 2.10 bits per heavy atom. The quantitative estimate of drug-likeness (QED) is 0.928. The molecule has 0 spiro atoms. The van der Waals surface area contributed by atoms with Gasteiger partial charge in [-0.3, -0.25) is 0 Å². The van der Waals surface area contributed by atoms with Crippen LogP contribution in [0, 0.1) is 6.92 Å². The largest absolute Gasteiger partial charge is 0.385 e. The number of benzene rings is 1. The number of aliphatic hydroxyl groups is 1. The summed E-state index contributed by atoms with van der Waals surface area (Å²) in [5.41, 5.74) is 1.12. The van der Waals surface area contributed by atoms with Crippen LogP contribution in [0.15, 0.2) is 24.3 Å². The molecule has 0 aliphatic carbocycles. The van der Waals surface area contributed by atoms with Gasteiger partial charge in [-0.1, -0.05) is 29.8 Å². The zero-order valence-electron chi connectivity index (χ0n) is 12.3. The maximum absolute atomic E-state index is 12.1. The first-order chi connectivity index (χ1) is 9.25. The standard InChI is InChI=1S/C15H23NO3S/c1-12(2)20(18,19)16-10-8-15(17,9-11-16)14-6-4-13(3)5-7-14/h4-7,12,17H,8-11H2,1-3H3. The molecule has 1 aromatic carbocycles. The van der Waals surface area contributed by atoms with Gasteiger partial charge in [0.2, 0.25) is 10.0 Å². The lowest BCUT2D eigenvalue weighted by atomic mass is 9.85. The van der Waals surface area contributed by atoms with E-state index in [1.807, 2.05) is 31.2 Å². The molecule has 112 valence electrons. The molecule has 1 N–H and O–H groups in total. The van der Waals surface area contributed by atoms with Crippen LogP contribution in [0.4, 0.5) is 0 Å². The smallest absolute Gasteiger partial charge is 0.216 e. The van der Waals surface area contributed by atoms with E-state index < -0.39 is 20.9 Å². The second-order valence-electron chi connectivity index (χ2n) is 5.89. The summed E-state index contributed by atoms with van der Waals surface area (Å²) < 4.78 is 25.7. The number of aryl methyl sites for hydroxylation is 1. The van der Waals surface area contributed by atoms with Crippen molar-refractivity contribution >= 4 is 10.0 Å². The van der Waals surface area contributed by atoms with Crippen molar-refractivity contribution < 1.29 is 13.5 Å². The first-order valence-electron chi connectivity index (χ1n) is 7.04. The highest BCUT2D eigenvalue weighted by atomic mass is 32.2. The van der Waals surface area contributed by atoms with Crippen LogP contribution in [0.5, 0.6) is 0 Å². The minimum absolute atomic E-state index is 0.380. The summed E-state index contributed by atoms with van der Waals surface area (Å²) >= 11 is 0. The minimum atomic E-state index is -3.22. The van der Waals surface area contributed by atoms with E-state index in [4.69, 9.17) is 0 Å². The Labute approximate surface area is 121 Å². The minimum Gasteiger partial charge on any atom is -0.385 e. The number of hydrogen-bond acceptors (Lipinski definition) is 3. The molecule has 1 aliphatic heterocycles. The van der Waals surface area contributed by atoms with Crippen LogP contribution in [0.2, 0.25) is 0 Å². The first-order valence-corrected chi connectivity index (χ1v) is 8.54. The average Bonchev–Trinajstić information content (AvgIpc) is 2.39. The van der Waals surface area contributed by atoms with Crippen LogP contribution in [0.3, 0.4) is 0 Å². The van der Waals surface area contributed by atoms with Gasteiger partial charge in [-0.15, -0.1) is 0 Å². The van der Waals surface area contributed by atoms with Crippen LogP contribution in [0.1, 0.15) is 37.8 Å². The predicted molar refractivity (Wildman–Crippen MR) is 79.9 cm³/mol. The third-order valence-corrected chi connectivity index (χ3v) is 6.37. The van der Waals surface area contributed by atoms with E-state index in [0.29, 0.717) is 25.9 Å². The van der Waals surface area contributed by atoms with E-state index >= 15 is 0 Å². The van der Waals surface area contributed by atoms with Gasteiger partial charge in [0, 0.05) is 13.1 Å². The average molecular weight is 297 g/mol. The molecule has 0 amide bonds. The lowest BCUT2D eigenvalue weighted by Gasteiger charge is -2.38. The van der Waals surface area contributed by atoms with Crippen molar-refractivity contribution in [3.05, 3.63) is 35.4 Å². The molecular weight excluding hydrogens is 274 g/mol. The molecule has 2 rings (SSSR count). The van der Waals surface area contributed by atoms with Gasteiger partial charge in [0.15, 0.2) is 0 Å². The van der Waals surface area contributed by atoms with Crippen molar-refractivity contribution in [3.8, 4) is 0 Å². The monoisotopic (exact) mass is 297 g/mol. The molecule has 1 aromatic rings. The van der Waals surface area contributed by atoms with E-state index in [2.05, 4.69) is 0 Å². The Kier molecular flexibility index (Phi) is 4.23. The van der Waals surface area contributed by atoms with Crippen LogP contribution in [-0.2, 0) is 15.6 Å². The molecule has 0 aromatic heterocycles. The highest BCUT2D eigenvalue weighted by Crippen LogP contribution is 2.34. The Hall–Kier alpha value is -0.910. The summed E-state index contributed by atoms with van der Waals surface area (Å²) in [6.07, 6.45) is 0.893. The molecule has 5 heteroatoms. The molecule has 0 unspecified atom stereocenters. The summed E-state index contributed by atoms with van der Waals surface area (Å²) in [5.74, 6) is 0. The highest BCUT2D eigenvalue weighted by Gasteiger charge is 2.38. The Morgan fingerprint density at radius 1 is 1.15 bits per heavy atom. The zero-order valence-corrected chi connectivity index (χ0v) is 13.2. The highest BCUT2D eigenvalue weighted by molar-refractivity contribution is 7.89. The third kappa shape index (κ3) is 2.90. The number of sulfonamides is 1. The van der Waals surface area contributed by atoms with E-state index in [1.165, 1.54) is 4.31 Å². The lowest BCUT2D eigenvalue weighted by molar-refractivity contribution is -0.00973. The summed E-state index contributed by atoms with van der Waals surface area (Å²) in [5, 5.41) is 10.3. The summed E-state index contributed by atoms with van der Waals surface area (Å²) in [4.78, 5) is 0. The summed E-state index contributed by atoms with van der Waals surface area (Å²) in [6, 6.07) is 7.82. The van der Waals surface area contributed by atoms with Gasteiger partial charge < -0.3 is 5.11 Å². The Bertz CT molecular complexity index is 555. The zero-order chi connectivity index (χ0) is 15.0. The molecule has 0 saturated carbocycles. The number of piperidine rings is 1. The van der Waals surface area contributed by atoms with Crippen LogP contribution < -0.4 is 0 Å². The molecule has 20 heavy (non-hydrogen) atoms. The van der Waals surface area contributed by atoms with Gasteiger partial charge in [0.25, 0.3) is 0 Å². The molecule has 4 nitrogen and oxygen atoms in total. The van der Waals surface area contributed by atoms with Gasteiger partial charge in [-0.05, 0) is 39.2 Å². The fraction of sp³-hybridized carbons (Fsp3) is 0.600. The van der Waals surface area contributed by atoms with E-state index in [9.17, 15) is 13.5 Å². The lowest BCUT2D eigenvalue weighted by Crippen LogP contribution is -2.47. The van der Waals surface area contributed by atoms with Crippen LogP contribution in [-0.4, -0.2) is 36.2 Å². The van der Waals surface area contributed by atoms with Gasteiger partial charge in [-0.2, -0.15) is 0 Å². The molecule has 0 atom stereocenters. The molecule has 1 fully saturated rings. The van der Waals surface area contributed by atoms with Crippen LogP contribution >= 0.6 is 0 Å². The summed E-state index contributed by atoms with van der Waals surface area (Å²) in [7, 11) is -3.22. The van der Waals surface area contributed by atoms with Crippen molar-refractivity contribution in [3.63, 3.8) is 0 Å². The molecule has 1 aliphatic rings. The SMILES string of the molecule is Cc1ccc(C2(O)CCN(S(=O)(=O)C(C)C)CC2)cc1. The number of nitrogens with zero attached hydrogens (tertiary/aromatic N) is 1. The van der Waals surface area contributed by atoms with Gasteiger partial charge in [0.1, 0.15) is 0 Å². The fourth-order valence-electron chi connectivity index (χ4n) is 2.56. The van der Waals surface area contributed by atoms with Crippen molar-refractivity contribution in [1.82, 2.24) is 4.31 Å². The Morgan fingerprint density at radius 2 is 1.65 bits per heavy atom. The number of hydrogen-bond donors (Lipinski definition) is 1. The second kappa shape index (κ2) is 5.47. The number of rotatable bonds is 3. The molecular formula is C15H23NO3S. The summed E-state index contributed by atoms with van der Waals surface area (Å²) in [6.45, 7) is 6.15. The molecule has 0 bridgehead atoms. The van der Waals surface area contributed by atoms with Crippen LogP contribution in [0.25, 0.3) is 0 Å². The van der Waals surface area contributed by atoms with E-state index in [1.54, 1.807) is 13.8 Å². The normalized spacial score (nSPS) is 20.2. The van der Waals surface area contributed by atoms with Gasteiger partial charge in [-0.25, -0.2) is 12.7 Å². The molecule has 1 heterocycles. The topological polar surface area (TPSA) is 57.6 Å². The fourth-order valence-corrected chi connectivity index (χ4v) is 3.85. The van der Waals surface area contributed by atoms with E-state index in [-0.39, 0.29) is 0 Å². The van der Waals surface area contributed by atoms with Gasteiger partial charge >= 0.3 is 0 Å². The van der Waals surface area contributed by atoms with Crippen molar-refractivity contribution in [1.29, 1.82) is 0 Å². The first kappa shape index (κ1) is 15.5. The molecule has 0 radical (unpaired) electrons. The third-order valence-electron chi connectivity index (χ3n) is 4.09. The maximum Gasteiger partial charge on any atom is 0.216 e. The predicted octanol–water partition coefficient (Wildman–Crippen LogP) is 2.02. The van der Waals surface area contributed by atoms with Gasteiger partial charge in [0.05, 0.1) is 10.9 Å². The maximum atomic E-state index is 12.1. The van der Waals surface area contributed by atoms with Crippen molar-refractivity contribution in [2.24, 2.45) is 0 Å². The van der Waals surface area contributed by atoms with Crippen molar-refractivity contribution in [2.75, 3.05) is 13.1 Å². The van der Waals surface area contributed by atoms with Crippen molar-refractivity contribution in [2.45, 2.75) is 44.5 Å². The Balaban J connectivity index is 2.12. The molecule has 1 saturated heterocycles. The van der Waals surface area contributed by atoms with E-state index in [0.717, 1.165) is 11.1 Å².